The van der Waals surface area contributed by atoms with Gasteiger partial charge in [-0.05, 0) is 36.6 Å². The summed E-state index contributed by atoms with van der Waals surface area (Å²) >= 11 is 1.58. The van der Waals surface area contributed by atoms with Crippen LogP contribution in [-0.2, 0) is 10.0 Å². The first kappa shape index (κ1) is 19.7. The number of ether oxygens (including phenoxy) is 1. The molecule has 1 aliphatic heterocycles. The highest BCUT2D eigenvalue weighted by Crippen LogP contribution is 2.27. The molecule has 2 aromatic carbocycles. The van der Waals surface area contributed by atoms with Crippen LogP contribution in [0.25, 0.3) is 0 Å². The lowest BCUT2D eigenvalue weighted by molar-refractivity contribution is 0.0694. The van der Waals surface area contributed by atoms with Gasteiger partial charge in [0.1, 0.15) is 5.75 Å². The Morgan fingerprint density at radius 3 is 2.30 bits per heavy atom. The van der Waals surface area contributed by atoms with E-state index < -0.39 is 10.0 Å². The summed E-state index contributed by atoms with van der Waals surface area (Å²) in [6.07, 6.45) is 1.96. The fourth-order valence-corrected chi connectivity index (χ4v) is 4.89. The van der Waals surface area contributed by atoms with Gasteiger partial charge in [-0.15, -0.1) is 11.8 Å². The lowest BCUT2D eigenvalue weighted by Gasteiger charge is -2.34. The quantitative estimate of drug-likeness (QED) is 0.714. The average Bonchev–Trinajstić information content (AvgIpc) is 2.73. The van der Waals surface area contributed by atoms with Crippen LogP contribution in [0.1, 0.15) is 10.4 Å². The number of methoxy groups -OCH3 is 1. The fraction of sp³-hybridized carbons (Fsp3) is 0.316. The molecular formula is C19H22N2O4S2. The van der Waals surface area contributed by atoms with E-state index >= 15 is 0 Å². The molecule has 1 fully saturated rings. The van der Waals surface area contributed by atoms with Crippen molar-refractivity contribution in [2.24, 2.45) is 0 Å². The molecule has 27 heavy (non-hydrogen) atoms. The first-order valence-electron chi connectivity index (χ1n) is 8.54. The van der Waals surface area contributed by atoms with Gasteiger partial charge < -0.3 is 9.64 Å². The number of carbonyl (C=O) groups is 1. The summed E-state index contributed by atoms with van der Waals surface area (Å²) in [5.41, 5.74) is 0.495. The molecule has 144 valence electrons. The van der Waals surface area contributed by atoms with Crippen LogP contribution in [0.4, 0.5) is 0 Å². The van der Waals surface area contributed by atoms with Crippen molar-refractivity contribution >= 4 is 27.7 Å². The van der Waals surface area contributed by atoms with Crippen LogP contribution in [0.5, 0.6) is 5.75 Å². The summed E-state index contributed by atoms with van der Waals surface area (Å²) in [5, 5.41) is 0. The smallest absolute Gasteiger partial charge is 0.257 e. The highest BCUT2D eigenvalue weighted by Gasteiger charge is 2.31. The first-order valence-corrected chi connectivity index (χ1v) is 11.2. The van der Waals surface area contributed by atoms with Gasteiger partial charge in [0.2, 0.25) is 10.0 Å². The topological polar surface area (TPSA) is 66.9 Å². The Bertz CT molecular complexity index is 909. The van der Waals surface area contributed by atoms with Crippen molar-refractivity contribution in [3.8, 4) is 5.75 Å². The zero-order valence-electron chi connectivity index (χ0n) is 15.3. The van der Waals surface area contributed by atoms with Gasteiger partial charge in [0.15, 0.2) is 0 Å². The third-order valence-corrected chi connectivity index (χ3v) is 7.18. The molecule has 0 unspecified atom stereocenters. The van der Waals surface area contributed by atoms with E-state index in [1.54, 1.807) is 60.2 Å². The van der Waals surface area contributed by atoms with Crippen molar-refractivity contribution in [3.05, 3.63) is 54.1 Å². The number of nitrogens with zero attached hydrogens (tertiary/aromatic N) is 2. The second kappa shape index (κ2) is 8.33. The van der Waals surface area contributed by atoms with E-state index in [0.29, 0.717) is 24.4 Å². The molecule has 0 aliphatic carbocycles. The van der Waals surface area contributed by atoms with Gasteiger partial charge in [0.25, 0.3) is 5.91 Å². The van der Waals surface area contributed by atoms with Gasteiger partial charge in [-0.1, -0.05) is 18.2 Å². The Kier molecular flexibility index (Phi) is 6.08. The molecule has 1 amide bonds. The maximum atomic E-state index is 12.9. The molecular weight excluding hydrogens is 384 g/mol. The van der Waals surface area contributed by atoms with Gasteiger partial charge in [-0.3, -0.25) is 4.79 Å². The first-order chi connectivity index (χ1) is 13.0. The van der Waals surface area contributed by atoms with Crippen molar-refractivity contribution in [2.75, 3.05) is 39.5 Å². The zero-order chi connectivity index (χ0) is 19.4. The zero-order valence-corrected chi connectivity index (χ0v) is 16.9. The minimum atomic E-state index is -3.53. The largest absolute Gasteiger partial charge is 0.496 e. The number of rotatable bonds is 5. The van der Waals surface area contributed by atoms with Gasteiger partial charge >= 0.3 is 0 Å². The van der Waals surface area contributed by atoms with Crippen LogP contribution >= 0.6 is 11.8 Å². The number of sulfonamides is 1. The summed E-state index contributed by atoms with van der Waals surface area (Å²) in [5.74, 6) is 0.391. The number of benzene rings is 2. The van der Waals surface area contributed by atoms with Crippen molar-refractivity contribution < 1.29 is 17.9 Å². The Morgan fingerprint density at radius 2 is 1.70 bits per heavy atom. The summed E-state index contributed by atoms with van der Waals surface area (Å²) in [7, 11) is -1.99. The monoisotopic (exact) mass is 406 g/mol. The number of carbonyl (C=O) groups excluding carboxylic acids is 1. The fourth-order valence-electron chi connectivity index (χ4n) is 3.02. The lowest BCUT2D eigenvalue weighted by atomic mass is 10.1. The third kappa shape index (κ3) is 4.12. The molecule has 8 heteroatoms. The number of piperazine rings is 1. The Balaban J connectivity index is 1.72. The maximum absolute atomic E-state index is 12.9. The Labute approximate surface area is 164 Å². The van der Waals surface area contributed by atoms with E-state index in [1.165, 1.54) is 4.31 Å². The Morgan fingerprint density at radius 1 is 1.04 bits per heavy atom. The number of amides is 1. The highest BCUT2D eigenvalue weighted by atomic mass is 32.2. The molecule has 0 saturated carbocycles. The maximum Gasteiger partial charge on any atom is 0.257 e. The van der Waals surface area contributed by atoms with Crippen LogP contribution in [0.2, 0.25) is 0 Å². The van der Waals surface area contributed by atoms with E-state index in [-0.39, 0.29) is 23.9 Å². The van der Waals surface area contributed by atoms with E-state index in [2.05, 4.69) is 0 Å². The molecule has 3 rings (SSSR count). The normalized spacial score (nSPS) is 15.6. The second-order valence-corrected chi connectivity index (χ2v) is 8.89. The van der Waals surface area contributed by atoms with E-state index in [0.717, 1.165) is 4.90 Å². The van der Waals surface area contributed by atoms with Gasteiger partial charge in [0.05, 0.1) is 17.6 Å². The predicted molar refractivity (Wildman–Crippen MR) is 106 cm³/mol. The summed E-state index contributed by atoms with van der Waals surface area (Å²) in [6.45, 7) is 1.24. The third-order valence-electron chi connectivity index (χ3n) is 4.55. The standard InChI is InChI=1S/C19H22N2O4S2/c1-25-18-14-15(26-2)8-9-17(18)19(22)20-10-12-21(13-11-20)27(23,24)16-6-4-3-5-7-16/h3-9,14H,10-13H2,1-2H3. The van der Waals surface area contributed by atoms with Gasteiger partial charge in [-0.2, -0.15) is 4.31 Å². The molecule has 0 bridgehead atoms. The molecule has 1 aliphatic rings. The number of hydrogen-bond donors (Lipinski definition) is 0. The van der Waals surface area contributed by atoms with Crippen molar-refractivity contribution in [1.82, 2.24) is 9.21 Å². The van der Waals surface area contributed by atoms with Crippen LogP contribution < -0.4 is 4.74 Å². The second-order valence-electron chi connectivity index (χ2n) is 6.08. The van der Waals surface area contributed by atoms with Gasteiger partial charge in [-0.25, -0.2) is 8.42 Å². The van der Waals surface area contributed by atoms with E-state index in [4.69, 9.17) is 4.74 Å². The van der Waals surface area contributed by atoms with Crippen LogP contribution in [0.15, 0.2) is 58.3 Å². The van der Waals surface area contributed by atoms with Crippen molar-refractivity contribution in [2.45, 2.75) is 9.79 Å². The van der Waals surface area contributed by atoms with Gasteiger partial charge in [0, 0.05) is 31.1 Å². The molecule has 0 aromatic heterocycles. The SMILES string of the molecule is COc1cc(SC)ccc1C(=O)N1CCN(S(=O)(=O)c2ccccc2)CC1. The summed E-state index contributed by atoms with van der Waals surface area (Å²) < 4.78 is 32.2. The summed E-state index contributed by atoms with van der Waals surface area (Å²) in [4.78, 5) is 15.8. The minimum Gasteiger partial charge on any atom is -0.496 e. The molecule has 1 saturated heterocycles. The molecule has 6 nitrogen and oxygen atoms in total. The van der Waals surface area contributed by atoms with E-state index in [9.17, 15) is 13.2 Å². The minimum absolute atomic E-state index is 0.142. The summed E-state index contributed by atoms with van der Waals surface area (Å²) in [6, 6.07) is 13.9. The van der Waals surface area contributed by atoms with Crippen LogP contribution in [0, 0.1) is 0 Å². The number of hydrogen-bond acceptors (Lipinski definition) is 5. The predicted octanol–water partition coefficient (Wildman–Crippen LogP) is 2.56. The van der Waals surface area contributed by atoms with Crippen molar-refractivity contribution in [3.63, 3.8) is 0 Å². The molecule has 0 N–H and O–H groups in total. The average molecular weight is 407 g/mol. The molecule has 2 aromatic rings. The Hall–Kier alpha value is -2.03. The molecule has 1 heterocycles. The van der Waals surface area contributed by atoms with Crippen molar-refractivity contribution in [1.29, 1.82) is 0 Å². The molecule has 0 spiro atoms. The molecule has 0 radical (unpaired) electrons. The number of thioether (sulfide) groups is 1. The van der Waals surface area contributed by atoms with Crippen LogP contribution in [-0.4, -0.2) is 63.1 Å². The van der Waals surface area contributed by atoms with E-state index in [1.807, 2.05) is 18.4 Å². The van der Waals surface area contributed by atoms with Crippen LogP contribution in [0.3, 0.4) is 0 Å². The lowest BCUT2D eigenvalue weighted by Crippen LogP contribution is -2.50. The molecule has 0 atom stereocenters. The highest BCUT2D eigenvalue weighted by molar-refractivity contribution is 7.98.